The number of nitrogens with one attached hydrogen (secondary N) is 2. The standard InChI is InChI=1S/C21H30N4O5S/c1-4-20(2,3)14-9-11-21(12-10-14)18(27)25(19(28)24-21)13-17(26)23-15-5-7-16(8-6-15)31(22,29)30/h5-8,14H,4,9-13H2,1-3H3,(H,23,26)(H,24,28)(H2,22,29,30). The largest absolute Gasteiger partial charge is 0.325 e. The van der Waals surface area contributed by atoms with Crippen molar-refractivity contribution in [2.24, 2.45) is 16.5 Å². The van der Waals surface area contributed by atoms with Crippen LogP contribution >= 0.6 is 0 Å². The molecule has 1 aliphatic carbocycles. The van der Waals surface area contributed by atoms with Gasteiger partial charge >= 0.3 is 6.03 Å². The third-order valence-electron chi connectivity index (χ3n) is 6.87. The van der Waals surface area contributed by atoms with E-state index in [-0.39, 0.29) is 16.2 Å². The number of rotatable bonds is 6. The number of urea groups is 1. The molecule has 170 valence electrons. The summed E-state index contributed by atoms with van der Waals surface area (Å²) in [6.07, 6.45) is 3.89. The number of anilines is 1. The van der Waals surface area contributed by atoms with Crippen molar-refractivity contribution in [2.45, 2.75) is 63.3 Å². The molecular formula is C21H30N4O5S. The Bertz CT molecular complexity index is 980. The second-order valence-corrected chi connectivity index (χ2v) is 10.7. The Morgan fingerprint density at radius 1 is 1.23 bits per heavy atom. The summed E-state index contributed by atoms with van der Waals surface area (Å²) in [5.74, 6) is -0.417. The summed E-state index contributed by atoms with van der Waals surface area (Å²) in [7, 11) is -3.83. The van der Waals surface area contributed by atoms with E-state index in [0.717, 1.165) is 24.2 Å². The Balaban J connectivity index is 1.62. The molecule has 0 aromatic heterocycles. The SMILES string of the molecule is CCC(C)(C)C1CCC2(CC1)NC(=O)N(CC(=O)Nc1ccc(S(N)(=O)=O)cc1)C2=O. The van der Waals surface area contributed by atoms with Gasteiger partial charge in [-0.2, -0.15) is 0 Å². The highest BCUT2D eigenvalue weighted by atomic mass is 32.2. The van der Waals surface area contributed by atoms with Crippen LogP contribution in [-0.4, -0.2) is 43.2 Å². The molecule has 3 rings (SSSR count). The molecule has 0 unspecified atom stereocenters. The normalized spacial score (nSPS) is 24.4. The van der Waals surface area contributed by atoms with Crippen LogP contribution in [0.3, 0.4) is 0 Å². The van der Waals surface area contributed by atoms with Crippen molar-refractivity contribution in [3.8, 4) is 0 Å². The Morgan fingerprint density at radius 3 is 2.32 bits per heavy atom. The van der Waals surface area contributed by atoms with Gasteiger partial charge in [-0.05, 0) is 61.3 Å². The number of nitrogens with two attached hydrogens (primary N) is 1. The molecule has 4 amide bonds. The van der Waals surface area contributed by atoms with Crippen molar-refractivity contribution in [1.82, 2.24) is 10.2 Å². The molecule has 0 radical (unpaired) electrons. The summed E-state index contributed by atoms with van der Waals surface area (Å²) >= 11 is 0. The number of imide groups is 1. The first-order valence-electron chi connectivity index (χ1n) is 10.4. The lowest BCUT2D eigenvalue weighted by Crippen LogP contribution is -2.51. The van der Waals surface area contributed by atoms with Crippen LogP contribution in [0.25, 0.3) is 0 Å². The van der Waals surface area contributed by atoms with Crippen LogP contribution in [-0.2, 0) is 19.6 Å². The highest BCUT2D eigenvalue weighted by molar-refractivity contribution is 7.89. The highest BCUT2D eigenvalue weighted by Crippen LogP contribution is 2.45. The molecule has 2 fully saturated rings. The number of sulfonamides is 1. The van der Waals surface area contributed by atoms with Gasteiger partial charge in [0.25, 0.3) is 5.91 Å². The average Bonchev–Trinajstić information content (AvgIpc) is 2.92. The van der Waals surface area contributed by atoms with Gasteiger partial charge in [0.15, 0.2) is 0 Å². The van der Waals surface area contributed by atoms with E-state index in [0.29, 0.717) is 24.4 Å². The summed E-state index contributed by atoms with van der Waals surface area (Å²) in [4.78, 5) is 38.8. The molecule has 1 saturated carbocycles. The molecule has 1 aromatic carbocycles. The zero-order valence-electron chi connectivity index (χ0n) is 18.1. The number of nitrogens with zero attached hydrogens (tertiary/aromatic N) is 1. The van der Waals surface area contributed by atoms with E-state index in [4.69, 9.17) is 5.14 Å². The molecule has 1 aliphatic heterocycles. The van der Waals surface area contributed by atoms with Crippen LogP contribution in [0.1, 0.15) is 52.9 Å². The lowest BCUT2D eigenvalue weighted by atomic mass is 9.65. The van der Waals surface area contributed by atoms with Crippen molar-refractivity contribution >= 4 is 33.6 Å². The topological polar surface area (TPSA) is 139 Å². The monoisotopic (exact) mass is 450 g/mol. The van der Waals surface area contributed by atoms with Gasteiger partial charge in [0.1, 0.15) is 12.1 Å². The van der Waals surface area contributed by atoms with Gasteiger partial charge < -0.3 is 10.6 Å². The fourth-order valence-corrected chi connectivity index (χ4v) is 4.93. The number of hydrogen-bond donors (Lipinski definition) is 3. The number of amides is 4. The molecule has 9 nitrogen and oxygen atoms in total. The van der Waals surface area contributed by atoms with Crippen molar-refractivity contribution in [3.05, 3.63) is 24.3 Å². The highest BCUT2D eigenvalue weighted by Gasteiger charge is 2.53. The maximum absolute atomic E-state index is 13.0. The summed E-state index contributed by atoms with van der Waals surface area (Å²) in [5.41, 5.74) is -0.401. The van der Waals surface area contributed by atoms with Gasteiger partial charge in [0, 0.05) is 5.69 Å². The van der Waals surface area contributed by atoms with E-state index in [1.807, 2.05) is 0 Å². The van der Waals surface area contributed by atoms with Crippen molar-refractivity contribution in [1.29, 1.82) is 0 Å². The third kappa shape index (κ3) is 4.74. The summed E-state index contributed by atoms with van der Waals surface area (Å²) in [5, 5.41) is 10.4. The summed E-state index contributed by atoms with van der Waals surface area (Å²) in [6.45, 7) is 6.22. The Kier molecular flexibility index (Phi) is 6.16. The number of benzene rings is 1. The van der Waals surface area contributed by atoms with E-state index >= 15 is 0 Å². The van der Waals surface area contributed by atoms with Gasteiger partial charge in [-0.25, -0.2) is 18.4 Å². The molecule has 1 aromatic rings. The van der Waals surface area contributed by atoms with E-state index in [1.165, 1.54) is 24.3 Å². The summed E-state index contributed by atoms with van der Waals surface area (Å²) in [6, 6.07) is 4.76. The zero-order valence-corrected chi connectivity index (χ0v) is 18.9. The molecular weight excluding hydrogens is 420 g/mol. The van der Waals surface area contributed by atoms with Gasteiger partial charge in [0.2, 0.25) is 15.9 Å². The first-order valence-corrected chi connectivity index (χ1v) is 12.0. The number of carbonyl (C=O) groups is 3. The second kappa shape index (κ2) is 8.23. The van der Waals surface area contributed by atoms with Crippen molar-refractivity contribution in [3.63, 3.8) is 0 Å². The van der Waals surface area contributed by atoms with Gasteiger partial charge in [0.05, 0.1) is 4.90 Å². The van der Waals surface area contributed by atoms with E-state index in [9.17, 15) is 22.8 Å². The van der Waals surface area contributed by atoms with E-state index in [2.05, 4.69) is 31.4 Å². The third-order valence-corrected chi connectivity index (χ3v) is 7.80. The van der Waals surface area contributed by atoms with Crippen LogP contribution < -0.4 is 15.8 Å². The van der Waals surface area contributed by atoms with Crippen LogP contribution in [0.4, 0.5) is 10.5 Å². The molecule has 0 bridgehead atoms. The maximum Gasteiger partial charge on any atom is 0.325 e. The molecule has 2 aliphatic rings. The predicted molar refractivity (Wildman–Crippen MR) is 115 cm³/mol. The lowest BCUT2D eigenvalue weighted by Gasteiger charge is -2.42. The van der Waals surface area contributed by atoms with Crippen LogP contribution in [0, 0.1) is 11.3 Å². The van der Waals surface area contributed by atoms with Gasteiger partial charge in [-0.1, -0.05) is 27.2 Å². The number of primary sulfonamides is 1. The quantitative estimate of drug-likeness (QED) is 0.570. The minimum atomic E-state index is -3.83. The Hall–Kier alpha value is -2.46. The van der Waals surface area contributed by atoms with Crippen molar-refractivity contribution in [2.75, 3.05) is 11.9 Å². The lowest BCUT2D eigenvalue weighted by molar-refractivity contribution is -0.135. The van der Waals surface area contributed by atoms with E-state index < -0.39 is 34.0 Å². The molecule has 4 N–H and O–H groups in total. The predicted octanol–water partition coefficient (Wildman–Crippen LogP) is 2.19. The average molecular weight is 451 g/mol. The van der Waals surface area contributed by atoms with Crippen LogP contribution in [0.2, 0.25) is 0 Å². The zero-order chi connectivity index (χ0) is 23.0. The fourth-order valence-electron chi connectivity index (χ4n) is 4.41. The first-order chi connectivity index (χ1) is 14.4. The molecule has 10 heteroatoms. The number of hydrogen-bond acceptors (Lipinski definition) is 5. The second-order valence-electron chi connectivity index (χ2n) is 9.14. The van der Waals surface area contributed by atoms with Gasteiger partial charge in [-0.3, -0.25) is 14.5 Å². The van der Waals surface area contributed by atoms with Gasteiger partial charge in [-0.15, -0.1) is 0 Å². The Labute approximate surface area is 182 Å². The number of carbonyl (C=O) groups excluding carboxylic acids is 3. The first kappa shape index (κ1) is 23.2. The molecule has 0 atom stereocenters. The molecule has 1 spiro atoms. The molecule has 1 heterocycles. The minimum Gasteiger partial charge on any atom is -0.325 e. The molecule has 1 saturated heterocycles. The maximum atomic E-state index is 13.0. The Morgan fingerprint density at radius 2 is 1.81 bits per heavy atom. The smallest absolute Gasteiger partial charge is 0.325 e. The van der Waals surface area contributed by atoms with Crippen molar-refractivity contribution < 1.29 is 22.8 Å². The van der Waals surface area contributed by atoms with E-state index in [1.54, 1.807) is 0 Å². The van der Waals surface area contributed by atoms with Crippen LogP contribution in [0.15, 0.2) is 29.2 Å². The van der Waals surface area contributed by atoms with Crippen LogP contribution in [0.5, 0.6) is 0 Å². The molecule has 31 heavy (non-hydrogen) atoms. The fraction of sp³-hybridized carbons (Fsp3) is 0.571. The minimum absolute atomic E-state index is 0.0802. The summed E-state index contributed by atoms with van der Waals surface area (Å²) < 4.78 is 22.6.